The molecule has 1 heterocycles. The van der Waals surface area contributed by atoms with Gasteiger partial charge in [-0.1, -0.05) is 18.2 Å². The highest BCUT2D eigenvalue weighted by molar-refractivity contribution is 5.85. The minimum Gasteiger partial charge on any atom is -0.370 e. The van der Waals surface area contributed by atoms with Crippen molar-refractivity contribution in [2.75, 3.05) is 5.32 Å². The molecular formula is C9H14Cl2N2. The van der Waals surface area contributed by atoms with Crippen LogP contribution in [0.15, 0.2) is 24.3 Å². The Bertz CT molecular complexity index is 266. The summed E-state index contributed by atoms with van der Waals surface area (Å²) in [5.74, 6) is 0. The molecular weight excluding hydrogens is 207 g/mol. The minimum atomic E-state index is 0. The summed E-state index contributed by atoms with van der Waals surface area (Å²) >= 11 is 0. The number of anilines is 1. The van der Waals surface area contributed by atoms with Crippen molar-refractivity contribution in [3.8, 4) is 0 Å². The van der Waals surface area contributed by atoms with Gasteiger partial charge >= 0.3 is 0 Å². The van der Waals surface area contributed by atoms with Gasteiger partial charge in [0, 0.05) is 5.69 Å². The van der Waals surface area contributed by atoms with Gasteiger partial charge in [0.25, 0.3) is 0 Å². The fourth-order valence-corrected chi connectivity index (χ4v) is 1.46. The number of nitrogens with two attached hydrogens (primary N) is 1. The first-order valence-corrected chi connectivity index (χ1v) is 3.96. The number of hydrogen-bond donors (Lipinski definition) is 2. The van der Waals surface area contributed by atoms with Crippen molar-refractivity contribution in [1.82, 2.24) is 0 Å². The molecule has 0 aromatic heterocycles. The summed E-state index contributed by atoms with van der Waals surface area (Å²) in [5, 5.41) is 3.24. The Kier molecular flexibility index (Phi) is 5.14. The summed E-state index contributed by atoms with van der Waals surface area (Å²) in [5.41, 5.74) is 8.32. The second-order valence-corrected chi connectivity index (χ2v) is 2.95. The van der Waals surface area contributed by atoms with Gasteiger partial charge in [-0.15, -0.1) is 24.8 Å². The van der Waals surface area contributed by atoms with Gasteiger partial charge < -0.3 is 11.1 Å². The summed E-state index contributed by atoms with van der Waals surface area (Å²) < 4.78 is 0. The molecule has 1 aromatic rings. The monoisotopic (exact) mass is 220 g/mol. The number of aryl methyl sites for hydroxylation is 1. The van der Waals surface area contributed by atoms with Crippen LogP contribution in [-0.4, -0.2) is 6.17 Å². The predicted molar refractivity (Wildman–Crippen MR) is 60.9 cm³/mol. The lowest BCUT2D eigenvalue weighted by molar-refractivity contribution is 0.656. The number of para-hydroxylation sites is 1. The molecule has 1 atom stereocenters. The molecule has 0 fully saturated rings. The van der Waals surface area contributed by atoms with E-state index in [1.807, 2.05) is 6.07 Å². The molecule has 1 aromatic carbocycles. The van der Waals surface area contributed by atoms with E-state index in [2.05, 4.69) is 23.5 Å². The lowest BCUT2D eigenvalue weighted by Crippen LogP contribution is -2.33. The van der Waals surface area contributed by atoms with E-state index in [9.17, 15) is 0 Å². The Morgan fingerprint density at radius 1 is 1.23 bits per heavy atom. The van der Waals surface area contributed by atoms with E-state index in [1.165, 1.54) is 11.3 Å². The van der Waals surface area contributed by atoms with Gasteiger partial charge in [-0.3, -0.25) is 0 Å². The summed E-state index contributed by atoms with van der Waals surface area (Å²) in [7, 11) is 0. The smallest absolute Gasteiger partial charge is 0.0746 e. The molecule has 4 heteroatoms. The molecule has 2 nitrogen and oxygen atoms in total. The number of rotatable bonds is 0. The fraction of sp³-hybridized carbons (Fsp3) is 0.333. The van der Waals surface area contributed by atoms with E-state index in [-0.39, 0.29) is 31.0 Å². The zero-order valence-corrected chi connectivity index (χ0v) is 8.83. The highest BCUT2D eigenvalue weighted by atomic mass is 35.5. The Labute approximate surface area is 90.7 Å². The minimum absolute atomic E-state index is 0. The molecule has 0 saturated heterocycles. The Morgan fingerprint density at radius 2 is 1.92 bits per heavy atom. The Hall–Kier alpha value is -0.440. The molecule has 0 radical (unpaired) electrons. The third-order valence-electron chi connectivity index (χ3n) is 2.08. The number of nitrogens with one attached hydrogen (secondary N) is 1. The van der Waals surface area contributed by atoms with Crippen LogP contribution in [0.5, 0.6) is 0 Å². The molecule has 0 bridgehead atoms. The lowest BCUT2D eigenvalue weighted by Gasteiger charge is -2.23. The van der Waals surface area contributed by atoms with E-state index in [0.717, 1.165) is 12.8 Å². The molecule has 1 unspecified atom stereocenters. The lowest BCUT2D eigenvalue weighted by atomic mass is 10.0. The Balaban J connectivity index is 0.000000720. The standard InChI is InChI=1S/C9H12N2.2ClH/c10-9-6-5-7-3-1-2-4-8(7)11-9;;/h1-4,9,11H,5-6,10H2;2*1H. The third-order valence-corrected chi connectivity index (χ3v) is 2.08. The number of benzene rings is 1. The van der Waals surface area contributed by atoms with Crippen molar-refractivity contribution in [2.24, 2.45) is 5.73 Å². The zero-order chi connectivity index (χ0) is 7.68. The van der Waals surface area contributed by atoms with E-state index in [0.29, 0.717) is 0 Å². The summed E-state index contributed by atoms with van der Waals surface area (Å²) in [4.78, 5) is 0. The predicted octanol–water partition coefficient (Wildman–Crippen LogP) is 2.17. The molecule has 2 rings (SSSR count). The van der Waals surface area contributed by atoms with Gasteiger partial charge in [0.1, 0.15) is 0 Å². The van der Waals surface area contributed by atoms with Gasteiger partial charge in [0.15, 0.2) is 0 Å². The maximum Gasteiger partial charge on any atom is 0.0746 e. The summed E-state index contributed by atoms with van der Waals surface area (Å²) in [6.07, 6.45) is 2.28. The maximum absolute atomic E-state index is 5.74. The number of halogens is 2. The second kappa shape index (κ2) is 5.32. The van der Waals surface area contributed by atoms with Crippen LogP contribution in [0.2, 0.25) is 0 Å². The van der Waals surface area contributed by atoms with Crippen molar-refractivity contribution in [2.45, 2.75) is 19.0 Å². The number of hydrogen-bond acceptors (Lipinski definition) is 2. The van der Waals surface area contributed by atoms with Crippen molar-refractivity contribution < 1.29 is 0 Å². The quantitative estimate of drug-likeness (QED) is 0.704. The van der Waals surface area contributed by atoms with Crippen LogP contribution < -0.4 is 11.1 Å². The van der Waals surface area contributed by atoms with Gasteiger partial charge in [-0.05, 0) is 24.5 Å². The van der Waals surface area contributed by atoms with Gasteiger partial charge in [0.2, 0.25) is 0 Å². The first-order valence-electron chi connectivity index (χ1n) is 3.96. The third kappa shape index (κ3) is 2.76. The highest BCUT2D eigenvalue weighted by Crippen LogP contribution is 2.21. The largest absolute Gasteiger partial charge is 0.370 e. The molecule has 1 aliphatic rings. The second-order valence-electron chi connectivity index (χ2n) is 2.95. The Morgan fingerprint density at radius 3 is 2.69 bits per heavy atom. The molecule has 0 saturated carbocycles. The summed E-state index contributed by atoms with van der Waals surface area (Å²) in [6.45, 7) is 0. The molecule has 74 valence electrons. The first-order chi connectivity index (χ1) is 5.36. The topological polar surface area (TPSA) is 38.0 Å². The van der Waals surface area contributed by atoms with Crippen LogP contribution >= 0.6 is 24.8 Å². The number of fused-ring (bicyclic) bond motifs is 1. The van der Waals surface area contributed by atoms with Crippen molar-refractivity contribution >= 4 is 30.5 Å². The van der Waals surface area contributed by atoms with Gasteiger partial charge in [-0.25, -0.2) is 0 Å². The van der Waals surface area contributed by atoms with E-state index in [1.54, 1.807) is 0 Å². The zero-order valence-electron chi connectivity index (χ0n) is 7.19. The average molecular weight is 221 g/mol. The van der Waals surface area contributed by atoms with Crippen LogP contribution in [0.1, 0.15) is 12.0 Å². The highest BCUT2D eigenvalue weighted by Gasteiger charge is 2.12. The van der Waals surface area contributed by atoms with Crippen molar-refractivity contribution in [3.63, 3.8) is 0 Å². The van der Waals surface area contributed by atoms with Crippen LogP contribution in [0.4, 0.5) is 5.69 Å². The molecule has 13 heavy (non-hydrogen) atoms. The van der Waals surface area contributed by atoms with Gasteiger partial charge in [0.05, 0.1) is 6.17 Å². The van der Waals surface area contributed by atoms with E-state index in [4.69, 9.17) is 5.73 Å². The average Bonchev–Trinajstić information content (AvgIpc) is 2.04. The van der Waals surface area contributed by atoms with Gasteiger partial charge in [-0.2, -0.15) is 0 Å². The summed E-state index contributed by atoms with van der Waals surface area (Å²) in [6, 6.07) is 8.32. The van der Waals surface area contributed by atoms with Crippen LogP contribution in [0, 0.1) is 0 Å². The first kappa shape index (κ1) is 12.6. The van der Waals surface area contributed by atoms with Crippen molar-refractivity contribution in [3.05, 3.63) is 29.8 Å². The maximum atomic E-state index is 5.74. The molecule has 1 aliphatic heterocycles. The normalized spacial score (nSPS) is 18.7. The fourth-order valence-electron chi connectivity index (χ4n) is 1.46. The van der Waals surface area contributed by atoms with E-state index < -0.39 is 0 Å². The van der Waals surface area contributed by atoms with Crippen molar-refractivity contribution in [1.29, 1.82) is 0 Å². The molecule has 3 N–H and O–H groups in total. The molecule has 0 amide bonds. The van der Waals surface area contributed by atoms with Crippen LogP contribution in [0.3, 0.4) is 0 Å². The van der Waals surface area contributed by atoms with Crippen LogP contribution in [0.25, 0.3) is 0 Å². The molecule has 0 aliphatic carbocycles. The van der Waals surface area contributed by atoms with E-state index >= 15 is 0 Å². The van der Waals surface area contributed by atoms with Crippen LogP contribution in [-0.2, 0) is 6.42 Å². The molecule has 0 spiro atoms. The SMILES string of the molecule is Cl.Cl.NC1CCc2ccccc2N1.